The van der Waals surface area contributed by atoms with Gasteiger partial charge >= 0.3 is 12.4 Å². The van der Waals surface area contributed by atoms with Gasteiger partial charge in [0.05, 0.1) is 11.1 Å². The molecule has 0 aliphatic carbocycles. The molecule has 224 valence electrons. The van der Waals surface area contributed by atoms with Crippen LogP contribution in [0, 0.1) is 0 Å². The molecule has 2 heterocycles. The van der Waals surface area contributed by atoms with Crippen LogP contribution < -0.4 is 0 Å². The van der Waals surface area contributed by atoms with E-state index >= 15 is 0 Å². The minimum Gasteiger partial charge on any atom is -0.166 e. The summed E-state index contributed by atoms with van der Waals surface area (Å²) in [4.78, 5) is 1.68. The SMILES string of the molecule is FC(F)(F)c1ccc(-c2sc3ccccc3c2C(c2ccccc2)c2c(-c3ccc(C(F)(F)F)cc3)sc3ccccc23)cc1. The highest BCUT2D eigenvalue weighted by Gasteiger charge is 2.33. The highest BCUT2D eigenvalue weighted by Crippen LogP contribution is 2.53. The fourth-order valence-corrected chi connectivity index (χ4v) is 8.37. The summed E-state index contributed by atoms with van der Waals surface area (Å²) >= 11 is 3.04. The summed E-state index contributed by atoms with van der Waals surface area (Å²) in [6.45, 7) is 0. The van der Waals surface area contributed by atoms with E-state index < -0.39 is 23.5 Å². The van der Waals surface area contributed by atoms with Gasteiger partial charge in [-0.2, -0.15) is 26.3 Å². The van der Waals surface area contributed by atoms with Crippen molar-refractivity contribution in [2.24, 2.45) is 0 Å². The fraction of sp³-hybridized carbons (Fsp3) is 0.0811. The van der Waals surface area contributed by atoms with Gasteiger partial charge < -0.3 is 0 Å². The molecule has 0 amide bonds. The van der Waals surface area contributed by atoms with Gasteiger partial charge in [-0.1, -0.05) is 91.0 Å². The number of hydrogen-bond donors (Lipinski definition) is 0. The molecule has 0 N–H and O–H groups in total. The molecular weight excluding hydrogens is 623 g/mol. The predicted octanol–water partition coefficient (Wildman–Crippen LogP) is 12.7. The van der Waals surface area contributed by atoms with Crippen LogP contribution in [0.3, 0.4) is 0 Å². The highest BCUT2D eigenvalue weighted by atomic mass is 32.1. The first-order valence-corrected chi connectivity index (χ1v) is 15.7. The van der Waals surface area contributed by atoms with Crippen molar-refractivity contribution in [3.05, 3.63) is 155 Å². The molecule has 0 aliphatic rings. The van der Waals surface area contributed by atoms with Gasteiger partial charge in [-0.15, -0.1) is 22.7 Å². The van der Waals surface area contributed by atoms with E-state index in [9.17, 15) is 26.3 Å². The Hall–Kier alpha value is -4.40. The summed E-state index contributed by atoms with van der Waals surface area (Å²) in [5.41, 5.74) is 2.73. The third kappa shape index (κ3) is 5.42. The van der Waals surface area contributed by atoms with E-state index in [4.69, 9.17) is 0 Å². The first-order chi connectivity index (χ1) is 21.6. The van der Waals surface area contributed by atoms with Crippen LogP contribution in [0.5, 0.6) is 0 Å². The molecule has 0 aliphatic heterocycles. The molecule has 0 fully saturated rings. The number of thiophene rings is 2. The van der Waals surface area contributed by atoms with Crippen LogP contribution in [0.15, 0.2) is 127 Å². The van der Waals surface area contributed by atoms with Crippen molar-refractivity contribution in [3.8, 4) is 20.9 Å². The summed E-state index contributed by atoms with van der Waals surface area (Å²) < 4.78 is 82.9. The van der Waals surface area contributed by atoms with Gasteiger partial charge in [0.1, 0.15) is 0 Å². The second kappa shape index (κ2) is 11.2. The van der Waals surface area contributed by atoms with Crippen molar-refractivity contribution in [2.75, 3.05) is 0 Å². The van der Waals surface area contributed by atoms with E-state index in [0.29, 0.717) is 11.1 Å². The normalized spacial score (nSPS) is 12.4. The first-order valence-electron chi connectivity index (χ1n) is 14.0. The molecule has 2 aromatic heterocycles. The fourth-order valence-electron chi connectivity index (χ4n) is 5.88. The molecule has 0 bridgehead atoms. The Kier molecular flexibility index (Phi) is 7.29. The monoisotopic (exact) mass is 644 g/mol. The van der Waals surface area contributed by atoms with Crippen molar-refractivity contribution < 1.29 is 26.3 Å². The number of alkyl halides is 6. The average Bonchev–Trinajstić information content (AvgIpc) is 3.61. The average molecular weight is 645 g/mol. The second-order valence-electron chi connectivity index (χ2n) is 10.7. The third-order valence-corrected chi connectivity index (χ3v) is 10.4. The zero-order chi connectivity index (χ0) is 31.3. The molecule has 7 aromatic rings. The summed E-state index contributed by atoms with van der Waals surface area (Å²) in [6, 6.07) is 36.2. The van der Waals surface area contributed by atoms with Gasteiger partial charge in [-0.3, -0.25) is 0 Å². The van der Waals surface area contributed by atoms with Crippen molar-refractivity contribution in [2.45, 2.75) is 18.3 Å². The summed E-state index contributed by atoms with van der Waals surface area (Å²) in [7, 11) is 0. The molecule has 45 heavy (non-hydrogen) atoms. The second-order valence-corrected chi connectivity index (χ2v) is 12.8. The van der Waals surface area contributed by atoms with E-state index in [0.717, 1.165) is 70.9 Å². The molecule has 0 nitrogen and oxygen atoms in total. The van der Waals surface area contributed by atoms with E-state index in [1.165, 1.54) is 46.9 Å². The zero-order valence-corrected chi connectivity index (χ0v) is 24.9. The van der Waals surface area contributed by atoms with Gasteiger partial charge in [0.2, 0.25) is 0 Å². The summed E-state index contributed by atoms with van der Waals surface area (Å²) in [6.07, 6.45) is -8.92. The molecule has 0 radical (unpaired) electrons. The third-order valence-electron chi connectivity index (χ3n) is 7.93. The Balaban J connectivity index is 1.54. The summed E-state index contributed by atoms with van der Waals surface area (Å²) in [5.74, 6) is -0.381. The van der Waals surface area contributed by atoms with Crippen LogP contribution in [0.4, 0.5) is 26.3 Å². The lowest BCUT2D eigenvalue weighted by molar-refractivity contribution is -0.138. The Bertz CT molecular complexity index is 1980. The molecule has 0 spiro atoms. The maximum absolute atomic E-state index is 13.5. The first kappa shape index (κ1) is 29.3. The van der Waals surface area contributed by atoms with E-state index in [1.54, 1.807) is 0 Å². The van der Waals surface area contributed by atoms with Crippen LogP contribution in [0.1, 0.15) is 33.7 Å². The van der Waals surface area contributed by atoms with Gasteiger partial charge in [0.15, 0.2) is 0 Å². The Labute approximate surface area is 262 Å². The quantitative estimate of drug-likeness (QED) is 0.164. The molecule has 7 rings (SSSR count). The predicted molar refractivity (Wildman–Crippen MR) is 172 cm³/mol. The lowest BCUT2D eigenvalue weighted by Crippen LogP contribution is -2.06. The minimum absolute atomic E-state index is 0.381. The number of rotatable bonds is 5. The van der Waals surface area contributed by atoms with Crippen LogP contribution in [-0.4, -0.2) is 0 Å². The number of halogens is 6. The minimum atomic E-state index is -4.46. The molecule has 0 saturated carbocycles. The number of hydrogen-bond acceptors (Lipinski definition) is 2. The van der Waals surface area contributed by atoms with E-state index in [2.05, 4.69) is 0 Å². The molecular formula is C37H22F6S2. The van der Waals surface area contributed by atoms with Crippen LogP contribution in [0.2, 0.25) is 0 Å². The molecule has 0 saturated heterocycles. The van der Waals surface area contributed by atoms with Gasteiger partial charge in [-0.05, 0) is 75.0 Å². The maximum atomic E-state index is 13.5. The van der Waals surface area contributed by atoms with Crippen LogP contribution in [0.25, 0.3) is 41.1 Å². The van der Waals surface area contributed by atoms with E-state index in [-0.39, 0.29) is 5.92 Å². The molecule has 0 atom stereocenters. The van der Waals surface area contributed by atoms with E-state index in [1.807, 2.05) is 78.9 Å². The number of fused-ring (bicyclic) bond motifs is 2. The standard InChI is InChI=1S/C37H22F6S2/c38-36(39,40)25-18-14-23(15-19-25)34-32(27-10-4-6-12-29(27)44-34)31(22-8-2-1-3-9-22)33-28-11-5-7-13-30(28)45-35(33)24-16-20-26(21-17-24)37(41,42)43/h1-21,31H. The topological polar surface area (TPSA) is 0 Å². The van der Waals surface area contributed by atoms with Gasteiger partial charge in [0.25, 0.3) is 0 Å². The maximum Gasteiger partial charge on any atom is 0.416 e. The highest BCUT2D eigenvalue weighted by molar-refractivity contribution is 7.23. The number of benzene rings is 5. The van der Waals surface area contributed by atoms with Crippen molar-refractivity contribution in [1.29, 1.82) is 0 Å². The van der Waals surface area contributed by atoms with Crippen molar-refractivity contribution >= 4 is 42.8 Å². The Morgan fingerprint density at radius 3 is 1.20 bits per heavy atom. The van der Waals surface area contributed by atoms with Crippen LogP contribution >= 0.6 is 22.7 Å². The van der Waals surface area contributed by atoms with Crippen molar-refractivity contribution in [1.82, 2.24) is 0 Å². The van der Waals surface area contributed by atoms with Gasteiger partial charge in [-0.25, -0.2) is 0 Å². The van der Waals surface area contributed by atoms with Gasteiger partial charge in [0, 0.05) is 25.1 Å². The summed E-state index contributed by atoms with van der Waals surface area (Å²) in [5, 5.41) is 1.94. The Morgan fingerprint density at radius 2 is 0.800 bits per heavy atom. The van der Waals surface area contributed by atoms with Crippen LogP contribution in [-0.2, 0) is 12.4 Å². The zero-order valence-electron chi connectivity index (χ0n) is 23.3. The smallest absolute Gasteiger partial charge is 0.166 e. The lowest BCUT2D eigenvalue weighted by atomic mass is 9.80. The largest absolute Gasteiger partial charge is 0.416 e. The van der Waals surface area contributed by atoms with Crippen molar-refractivity contribution in [3.63, 3.8) is 0 Å². The lowest BCUT2D eigenvalue weighted by Gasteiger charge is -2.22. The Morgan fingerprint density at radius 1 is 0.422 bits per heavy atom. The molecule has 5 aromatic carbocycles. The molecule has 8 heteroatoms. The molecule has 0 unspecified atom stereocenters.